The molecule has 3 rings (SSSR count). The molecule has 0 saturated carbocycles. The normalized spacial score (nSPS) is 15.5. The van der Waals surface area contributed by atoms with Crippen molar-refractivity contribution in [1.82, 2.24) is 15.2 Å². The molecule has 1 aliphatic heterocycles. The zero-order valence-corrected chi connectivity index (χ0v) is 15.6. The predicted octanol–water partition coefficient (Wildman–Crippen LogP) is 2.71. The van der Waals surface area contributed by atoms with Crippen molar-refractivity contribution in [1.29, 1.82) is 0 Å². The maximum absolute atomic E-state index is 11.8. The van der Waals surface area contributed by atoms with Crippen molar-refractivity contribution in [2.45, 2.75) is 32.9 Å². The molecular formula is C19H25N3O2S. The van der Waals surface area contributed by atoms with Crippen LogP contribution in [-0.2, 0) is 22.5 Å². The molecule has 0 radical (unpaired) electrons. The lowest BCUT2D eigenvalue weighted by molar-refractivity contribution is -0.120. The van der Waals surface area contributed by atoms with E-state index in [2.05, 4.69) is 39.5 Å². The largest absolute Gasteiger partial charge is 0.379 e. The molecule has 1 aliphatic rings. The maximum Gasteiger partial charge on any atom is 0.226 e. The van der Waals surface area contributed by atoms with Crippen LogP contribution in [-0.4, -0.2) is 48.1 Å². The van der Waals surface area contributed by atoms with Crippen LogP contribution in [0.1, 0.15) is 25.1 Å². The Hall–Kier alpha value is -1.76. The molecular weight excluding hydrogens is 334 g/mol. The monoisotopic (exact) mass is 359 g/mol. The predicted molar refractivity (Wildman–Crippen MR) is 101 cm³/mol. The Morgan fingerprint density at radius 2 is 2.00 bits per heavy atom. The van der Waals surface area contributed by atoms with Crippen molar-refractivity contribution in [3.05, 3.63) is 40.9 Å². The molecule has 5 nitrogen and oxygen atoms in total. The first-order valence-electron chi connectivity index (χ1n) is 8.73. The fourth-order valence-electron chi connectivity index (χ4n) is 2.83. The summed E-state index contributed by atoms with van der Waals surface area (Å²) < 4.78 is 5.39. The Kier molecular flexibility index (Phi) is 6.18. The first-order valence-corrected chi connectivity index (χ1v) is 9.61. The molecule has 0 bridgehead atoms. The van der Waals surface area contributed by atoms with Gasteiger partial charge in [-0.1, -0.05) is 24.3 Å². The topological polar surface area (TPSA) is 54.5 Å². The summed E-state index contributed by atoms with van der Waals surface area (Å²) in [5, 5.41) is 5.83. The van der Waals surface area contributed by atoms with Gasteiger partial charge in [-0.2, -0.15) is 0 Å². The molecule has 25 heavy (non-hydrogen) atoms. The van der Waals surface area contributed by atoms with Gasteiger partial charge in [-0.05, 0) is 19.4 Å². The lowest BCUT2D eigenvalue weighted by Gasteiger charge is -2.26. The van der Waals surface area contributed by atoms with Crippen molar-refractivity contribution < 1.29 is 9.53 Å². The minimum Gasteiger partial charge on any atom is -0.379 e. The average molecular weight is 359 g/mol. The number of morpholine rings is 1. The second-order valence-corrected chi connectivity index (χ2v) is 7.49. The number of benzene rings is 1. The molecule has 134 valence electrons. The zero-order chi connectivity index (χ0) is 17.6. The van der Waals surface area contributed by atoms with Gasteiger partial charge in [0, 0.05) is 36.6 Å². The van der Waals surface area contributed by atoms with Crippen LogP contribution in [0.2, 0.25) is 0 Å². The highest BCUT2D eigenvalue weighted by Gasteiger charge is 2.12. The van der Waals surface area contributed by atoms with Gasteiger partial charge >= 0.3 is 0 Å². The lowest BCUT2D eigenvalue weighted by Crippen LogP contribution is -2.35. The molecule has 1 fully saturated rings. The Bertz CT molecular complexity index is 691. The molecule has 0 unspecified atom stereocenters. The second kappa shape index (κ2) is 8.56. The van der Waals surface area contributed by atoms with E-state index in [0.717, 1.165) is 49.1 Å². The van der Waals surface area contributed by atoms with E-state index in [1.54, 1.807) is 11.3 Å². The number of ether oxygens (including phenoxy) is 1. The van der Waals surface area contributed by atoms with Crippen molar-refractivity contribution in [3.8, 4) is 10.6 Å². The van der Waals surface area contributed by atoms with Gasteiger partial charge in [0.1, 0.15) is 5.01 Å². The number of carbonyl (C=O) groups excluding carboxylic acids is 1. The van der Waals surface area contributed by atoms with Gasteiger partial charge in [-0.3, -0.25) is 9.69 Å². The number of hydrogen-bond donors (Lipinski definition) is 1. The summed E-state index contributed by atoms with van der Waals surface area (Å²) in [6.45, 7) is 8.52. The molecule has 1 saturated heterocycles. The van der Waals surface area contributed by atoms with E-state index in [9.17, 15) is 4.79 Å². The van der Waals surface area contributed by atoms with E-state index >= 15 is 0 Å². The molecule has 0 spiro atoms. The summed E-state index contributed by atoms with van der Waals surface area (Å²) in [6, 6.07) is 8.72. The van der Waals surface area contributed by atoms with Gasteiger partial charge in [0.15, 0.2) is 0 Å². The smallest absolute Gasteiger partial charge is 0.226 e. The molecule has 0 aliphatic carbocycles. The van der Waals surface area contributed by atoms with E-state index in [0.29, 0.717) is 6.42 Å². The van der Waals surface area contributed by atoms with E-state index in [1.165, 1.54) is 5.56 Å². The summed E-state index contributed by atoms with van der Waals surface area (Å²) in [4.78, 5) is 18.9. The highest BCUT2D eigenvalue weighted by atomic mass is 32.1. The van der Waals surface area contributed by atoms with Crippen molar-refractivity contribution >= 4 is 17.2 Å². The highest BCUT2D eigenvalue weighted by molar-refractivity contribution is 7.13. The third kappa shape index (κ3) is 5.36. The minimum absolute atomic E-state index is 0.0210. The number of rotatable bonds is 6. The highest BCUT2D eigenvalue weighted by Crippen LogP contribution is 2.24. The maximum atomic E-state index is 11.8. The molecule has 2 aromatic rings. The Morgan fingerprint density at radius 3 is 2.68 bits per heavy atom. The fourth-order valence-corrected chi connectivity index (χ4v) is 3.65. The number of nitrogens with zero attached hydrogens (tertiary/aromatic N) is 2. The van der Waals surface area contributed by atoms with E-state index < -0.39 is 0 Å². The molecule has 1 amide bonds. The fraction of sp³-hybridized carbons (Fsp3) is 0.474. The van der Waals surface area contributed by atoms with Gasteiger partial charge in [0.25, 0.3) is 0 Å². The van der Waals surface area contributed by atoms with E-state index in [4.69, 9.17) is 4.74 Å². The summed E-state index contributed by atoms with van der Waals surface area (Å²) in [5.41, 5.74) is 3.24. The van der Waals surface area contributed by atoms with Gasteiger partial charge in [0.2, 0.25) is 5.91 Å². The van der Waals surface area contributed by atoms with Crippen LogP contribution in [0.5, 0.6) is 0 Å². The first kappa shape index (κ1) is 18.0. The Morgan fingerprint density at radius 1 is 1.28 bits per heavy atom. The van der Waals surface area contributed by atoms with Crippen LogP contribution < -0.4 is 5.32 Å². The van der Waals surface area contributed by atoms with Crippen LogP contribution in [0.15, 0.2) is 29.6 Å². The van der Waals surface area contributed by atoms with Gasteiger partial charge < -0.3 is 10.1 Å². The van der Waals surface area contributed by atoms with Gasteiger partial charge in [-0.25, -0.2) is 4.98 Å². The zero-order valence-electron chi connectivity index (χ0n) is 14.8. The summed E-state index contributed by atoms with van der Waals surface area (Å²) in [6.07, 6.45) is 0.337. The molecule has 1 aromatic carbocycles. The van der Waals surface area contributed by atoms with E-state index in [1.807, 2.05) is 19.2 Å². The third-order valence-corrected chi connectivity index (χ3v) is 4.99. The third-order valence-electron chi connectivity index (χ3n) is 4.05. The quantitative estimate of drug-likeness (QED) is 0.862. The Balaban J connectivity index is 1.59. The van der Waals surface area contributed by atoms with Crippen LogP contribution in [0.4, 0.5) is 0 Å². The number of aromatic nitrogens is 1. The molecule has 0 atom stereocenters. The number of nitrogens with one attached hydrogen (secondary N) is 1. The van der Waals surface area contributed by atoms with Crippen LogP contribution in [0.3, 0.4) is 0 Å². The van der Waals surface area contributed by atoms with Crippen molar-refractivity contribution in [3.63, 3.8) is 0 Å². The lowest BCUT2D eigenvalue weighted by atomic mass is 10.1. The van der Waals surface area contributed by atoms with Gasteiger partial charge in [0.05, 0.1) is 25.3 Å². The summed E-state index contributed by atoms with van der Waals surface area (Å²) in [7, 11) is 0. The van der Waals surface area contributed by atoms with Crippen LogP contribution in [0, 0.1) is 0 Å². The summed E-state index contributed by atoms with van der Waals surface area (Å²) in [5.74, 6) is 0.0210. The number of amides is 1. The molecule has 6 heteroatoms. The van der Waals surface area contributed by atoms with Crippen molar-refractivity contribution in [2.24, 2.45) is 0 Å². The standard InChI is InChI=1S/C19H25N3O2S/c1-14(2)20-18(23)11-17-13-25-19(21-17)16-5-3-15(4-6-16)12-22-7-9-24-10-8-22/h3-6,13-14H,7-12H2,1-2H3,(H,20,23). The first-order chi connectivity index (χ1) is 12.1. The number of thiazole rings is 1. The number of carbonyl (C=O) groups is 1. The Labute approximate surface area is 153 Å². The molecule has 1 aromatic heterocycles. The average Bonchev–Trinajstić information content (AvgIpc) is 3.04. The van der Waals surface area contributed by atoms with Crippen molar-refractivity contribution in [2.75, 3.05) is 26.3 Å². The summed E-state index contributed by atoms with van der Waals surface area (Å²) >= 11 is 1.59. The van der Waals surface area contributed by atoms with Gasteiger partial charge in [-0.15, -0.1) is 11.3 Å². The molecule has 1 N–H and O–H groups in total. The molecule has 2 heterocycles. The van der Waals surface area contributed by atoms with Crippen LogP contribution >= 0.6 is 11.3 Å². The number of hydrogen-bond acceptors (Lipinski definition) is 5. The SMILES string of the molecule is CC(C)NC(=O)Cc1csc(-c2ccc(CN3CCOCC3)cc2)n1. The van der Waals surface area contributed by atoms with Crippen LogP contribution in [0.25, 0.3) is 10.6 Å². The minimum atomic E-state index is 0.0210. The second-order valence-electron chi connectivity index (χ2n) is 6.63. The van der Waals surface area contributed by atoms with E-state index in [-0.39, 0.29) is 11.9 Å².